The van der Waals surface area contributed by atoms with Crippen molar-refractivity contribution >= 4 is 22.8 Å². The number of ketones is 1. The number of benzene rings is 2. The third kappa shape index (κ3) is 3.23. The maximum atomic E-state index is 13.2. The highest BCUT2D eigenvalue weighted by Gasteiger charge is 2.33. The number of phenolic OH excluding ortho intramolecular Hbond substituents is 1. The Hall–Kier alpha value is -3.25. The molecule has 3 aromatic rings. The van der Waals surface area contributed by atoms with Gasteiger partial charge in [0.25, 0.3) is 0 Å². The van der Waals surface area contributed by atoms with Gasteiger partial charge >= 0.3 is 0 Å². The highest BCUT2D eigenvalue weighted by Crippen LogP contribution is 2.42. The van der Waals surface area contributed by atoms with E-state index in [-0.39, 0.29) is 17.3 Å². The quantitative estimate of drug-likeness (QED) is 0.638. The van der Waals surface area contributed by atoms with Crippen molar-refractivity contribution in [1.82, 2.24) is 9.47 Å². The zero-order valence-electron chi connectivity index (χ0n) is 17.9. The van der Waals surface area contributed by atoms with Gasteiger partial charge in [0.2, 0.25) is 5.78 Å². The fourth-order valence-electron chi connectivity index (χ4n) is 4.00. The maximum absolute atomic E-state index is 13.2. The van der Waals surface area contributed by atoms with E-state index >= 15 is 0 Å². The number of aromatic nitrogens is 1. The summed E-state index contributed by atoms with van der Waals surface area (Å²) in [5.41, 5.74) is 3.80. The number of hydrogen-bond donors (Lipinski definition) is 1. The van der Waals surface area contributed by atoms with Crippen molar-refractivity contribution in [2.45, 2.75) is 26.9 Å². The van der Waals surface area contributed by atoms with Gasteiger partial charge in [-0.1, -0.05) is 0 Å². The maximum Gasteiger partial charge on any atom is 0.232 e. The number of methoxy groups -OCH3 is 1. The lowest BCUT2D eigenvalue weighted by molar-refractivity contribution is 0.101. The minimum Gasteiger partial charge on any atom is -0.507 e. The number of allylic oxidation sites excluding steroid dienone is 1. The molecule has 0 unspecified atom stereocenters. The number of Topliss-reactive ketones (excluding diaryl/α,β-unsaturated/α-hetero) is 1. The Morgan fingerprint density at radius 2 is 2.03 bits per heavy atom. The van der Waals surface area contributed by atoms with Crippen LogP contribution in [0.25, 0.3) is 17.0 Å². The number of phenols is 1. The molecule has 0 spiro atoms. The first kappa shape index (κ1) is 20.0. The molecule has 156 valence electrons. The lowest BCUT2D eigenvalue weighted by Gasteiger charge is -2.15. The molecule has 0 fully saturated rings. The molecule has 2 heterocycles. The Labute approximate surface area is 175 Å². The highest BCUT2D eigenvalue weighted by molar-refractivity contribution is 6.16. The molecule has 1 aliphatic rings. The molecular formula is C24H26N2O4. The van der Waals surface area contributed by atoms with E-state index in [1.165, 1.54) is 0 Å². The minimum atomic E-state index is -0.164. The van der Waals surface area contributed by atoms with Crippen LogP contribution in [0.4, 0.5) is 0 Å². The number of aromatic hydroxyl groups is 1. The van der Waals surface area contributed by atoms with Gasteiger partial charge in [0.1, 0.15) is 17.2 Å². The average molecular weight is 406 g/mol. The predicted octanol–water partition coefficient (Wildman–Crippen LogP) is 4.36. The van der Waals surface area contributed by atoms with Crippen molar-refractivity contribution in [3.8, 4) is 17.2 Å². The summed E-state index contributed by atoms with van der Waals surface area (Å²) in [7, 11) is 5.45. The van der Waals surface area contributed by atoms with E-state index < -0.39 is 0 Å². The third-order valence-corrected chi connectivity index (χ3v) is 5.44. The highest BCUT2D eigenvalue weighted by atomic mass is 16.5. The van der Waals surface area contributed by atoms with Crippen LogP contribution in [0.5, 0.6) is 17.2 Å². The van der Waals surface area contributed by atoms with Crippen LogP contribution in [0.15, 0.2) is 36.2 Å². The van der Waals surface area contributed by atoms with E-state index in [9.17, 15) is 9.90 Å². The predicted molar refractivity (Wildman–Crippen MR) is 117 cm³/mol. The largest absolute Gasteiger partial charge is 0.507 e. The average Bonchev–Trinajstić information content (AvgIpc) is 3.22. The number of rotatable bonds is 5. The van der Waals surface area contributed by atoms with Gasteiger partial charge in [-0.2, -0.15) is 0 Å². The first-order valence-corrected chi connectivity index (χ1v) is 9.95. The number of ether oxygens (including phenoxy) is 2. The summed E-state index contributed by atoms with van der Waals surface area (Å²) in [5.74, 6) is 1.45. The molecule has 1 aromatic heterocycles. The molecule has 4 rings (SSSR count). The molecule has 0 radical (unpaired) electrons. The molecule has 0 aliphatic carbocycles. The number of carbonyl (C=O) groups is 1. The van der Waals surface area contributed by atoms with Crippen molar-refractivity contribution in [2.24, 2.45) is 0 Å². The summed E-state index contributed by atoms with van der Waals surface area (Å²) >= 11 is 0. The Bertz CT molecular complexity index is 1190. The molecule has 6 heteroatoms. The molecule has 30 heavy (non-hydrogen) atoms. The van der Waals surface area contributed by atoms with Crippen LogP contribution in [0.3, 0.4) is 0 Å². The van der Waals surface area contributed by atoms with E-state index in [0.717, 1.165) is 28.8 Å². The Morgan fingerprint density at radius 3 is 2.70 bits per heavy atom. The molecule has 0 bridgehead atoms. The topological polar surface area (TPSA) is 63.9 Å². The van der Waals surface area contributed by atoms with Crippen LogP contribution in [-0.4, -0.2) is 41.6 Å². The van der Waals surface area contributed by atoms with Gasteiger partial charge in [-0.3, -0.25) is 4.79 Å². The van der Waals surface area contributed by atoms with E-state index in [1.54, 1.807) is 19.3 Å². The van der Waals surface area contributed by atoms with Crippen LogP contribution < -0.4 is 9.47 Å². The summed E-state index contributed by atoms with van der Waals surface area (Å²) in [4.78, 5) is 15.1. The second kappa shape index (κ2) is 7.54. The van der Waals surface area contributed by atoms with Gasteiger partial charge in [-0.15, -0.1) is 0 Å². The number of aryl methyl sites for hydroxylation is 2. The molecular weight excluding hydrogens is 380 g/mol. The van der Waals surface area contributed by atoms with E-state index in [2.05, 4.69) is 11.5 Å². The van der Waals surface area contributed by atoms with Crippen molar-refractivity contribution in [3.05, 3.63) is 58.5 Å². The van der Waals surface area contributed by atoms with Crippen molar-refractivity contribution < 1.29 is 19.4 Å². The fourth-order valence-corrected chi connectivity index (χ4v) is 4.00. The van der Waals surface area contributed by atoms with Crippen molar-refractivity contribution in [1.29, 1.82) is 0 Å². The van der Waals surface area contributed by atoms with Gasteiger partial charge in [0, 0.05) is 35.8 Å². The molecule has 0 saturated heterocycles. The Morgan fingerprint density at radius 1 is 1.27 bits per heavy atom. The van der Waals surface area contributed by atoms with Crippen LogP contribution in [0, 0.1) is 6.92 Å². The smallest absolute Gasteiger partial charge is 0.232 e. The fraction of sp³-hybridized carbons (Fsp3) is 0.292. The molecule has 0 amide bonds. The second-order valence-corrected chi connectivity index (χ2v) is 7.83. The molecule has 1 N–H and O–H groups in total. The van der Waals surface area contributed by atoms with Crippen LogP contribution in [0.1, 0.15) is 34.0 Å². The number of fused-ring (bicyclic) bond motifs is 2. The van der Waals surface area contributed by atoms with Gasteiger partial charge in [-0.25, -0.2) is 0 Å². The van der Waals surface area contributed by atoms with Crippen LogP contribution in [0.2, 0.25) is 0 Å². The van der Waals surface area contributed by atoms with Gasteiger partial charge in [-0.05, 0) is 63.8 Å². The molecule has 1 aliphatic heterocycles. The molecule has 0 atom stereocenters. The first-order valence-electron chi connectivity index (χ1n) is 9.95. The molecule has 6 nitrogen and oxygen atoms in total. The molecule has 2 aromatic carbocycles. The number of nitrogens with zero attached hydrogens (tertiary/aromatic N) is 2. The van der Waals surface area contributed by atoms with E-state index in [1.807, 2.05) is 50.3 Å². The summed E-state index contributed by atoms with van der Waals surface area (Å²) < 4.78 is 13.6. The third-order valence-electron chi connectivity index (χ3n) is 5.44. The van der Waals surface area contributed by atoms with Crippen molar-refractivity contribution in [3.63, 3.8) is 0 Å². The van der Waals surface area contributed by atoms with Crippen LogP contribution >= 0.6 is 0 Å². The summed E-state index contributed by atoms with van der Waals surface area (Å²) in [6.45, 7) is 5.17. The van der Waals surface area contributed by atoms with Gasteiger partial charge < -0.3 is 24.0 Å². The second-order valence-electron chi connectivity index (χ2n) is 7.83. The van der Waals surface area contributed by atoms with Gasteiger partial charge in [0.15, 0.2) is 5.76 Å². The number of hydrogen-bond acceptors (Lipinski definition) is 5. The van der Waals surface area contributed by atoms with Crippen LogP contribution in [-0.2, 0) is 13.1 Å². The lowest BCUT2D eigenvalue weighted by Crippen LogP contribution is -2.12. The Kier molecular flexibility index (Phi) is 5.03. The molecule has 0 saturated carbocycles. The monoisotopic (exact) mass is 406 g/mol. The number of carbonyl (C=O) groups excluding carboxylic acids is 1. The first-order chi connectivity index (χ1) is 14.3. The summed E-state index contributed by atoms with van der Waals surface area (Å²) in [6, 6.07) is 7.55. The normalized spacial score (nSPS) is 14.6. The SMILES string of the molecule is CCn1cc(/C=C2\Oc3c(CN(C)C)c(O)cc(C)c3C2=O)c2cc(OC)ccc21. The van der Waals surface area contributed by atoms with Gasteiger partial charge in [0.05, 0.1) is 18.2 Å². The lowest BCUT2D eigenvalue weighted by atomic mass is 9.99. The zero-order valence-corrected chi connectivity index (χ0v) is 17.9. The van der Waals surface area contributed by atoms with Crippen molar-refractivity contribution in [2.75, 3.05) is 21.2 Å². The standard InChI is InChI=1S/C24H26N2O4/c1-6-26-12-15(17-11-16(29-5)7-8-19(17)26)10-21-23(28)22-14(2)9-20(27)18(13-25(3)4)24(22)30-21/h7-12,27H,6,13H2,1-5H3/b21-10-. The Balaban J connectivity index is 1.84. The van der Waals surface area contributed by atoms with E-state index in [4.69, 9.17) is 9.47 Å². The minimum absolute atomic E-state index is 0.140. The summed E-state index contributed by atoms with van der Waals surface area (Å²) in [6.07, 6.45) is 3.80. The zero-order chi connectivity index (χ0) is 21.6. The van der Waals surface area contributed by atoms with E-state index in [0.29, 0.717) is 29.0 Å². The summed E-state index contributed by atoms with van der Waals surface area (Å²) in [5, 5.41) is 11.4.